The van der Waals surface area contributed by atoms with Gasteiger partial charge < -0.3 is 4.74 Å². The van der Waals surface area contributed by atoms with Gasteiger partial charge in [0.2, 0.25) is 0 Å². The quantitative estimate of drug-likeness (QED) is 0.344. The van der Waals surface area contributed by atoms with Gasteiger partial charge in [-0.05, 0) is 6.42 Å². The van der Waals surface area contributed by atoms with Crippen LogP contribution in [0.3, 0.4) is 0 Å². The zero-order chi connectivity index (χ0) is 10.1. The molecule has 0 N–H and O–H groups in total. The van der Waals surface area contributed by atoms with E-state index in [9.17, 15) is 9.59 Å². The molecule has 0 aliphatic rings. The average Bonchev–Trinajstić information content (AvgIpc) is 2.11. The third-order valence-corrected chi connectivity index (χ3v) is 1.51. The van der Waals surface area contributed by atoms with E-state index in [2.05, 4.69) is 11.3 Å². The highest BCUT2D eigenvalue weighted by atomic mass is 16.5. The number of ether oxygens (including phenoxy) is 1. The number of ketones is 1. The van der Waals surface area contributed by atoms with E-state index in [1.54, 1.807) is 0 Å². The molecule has 3 nitrogen and oxygen atoms in total. The molecule has 0 aliphatic heterocycles. The molecule has 3 heteroatoms. The molecule has 0 aromatic carbocycles. The van der Waals surface area contributed by atoms with E-state index in [-0.39, 0.29) is 18.8 Å². The van der Waals surface area contributed by atoms with Gasteiger partial charge in [0.1, 0.15) is 18.8 Å². The maximum absolute atomic E-state index is 11.0. The molecule has 13 heavy (non-hydrogen) atoms. The Labute approximate surface area is 78.8 Å². The SMILES string of the molecule is C=CCOC(=O)CC(=O)CCCC. The molecule has 0 spiro atoms. The lowest BCUT2D eigenvalue weighted by Crippen LogP contribution is -2.11. The molecule has 0 aromatic heterocycles. The van der Waals surface area contributed by atoms with Gasteiger partial charge in [-0.25, -0.2) is 0 Å². The van der Waals surface area contributed by atoms with Crippen LogP contribution in [0.15, 0.2) is 12.7 Å². The Morgan fingerprint density at radius 3 is 2.69 bits per heavy atom. The van der Waals surface area contributed by atoms with Crippen LogP contribution in [0.4, 0.5) is 0 Å². The highest BCUT2D eigenvalue weighted by Crippen LogP contribution is 1.99. The van der Waals surface area contributed by atoms with E-state index < -0.39 is 5.97 Å². The average molecular weight is 184 g/mol. The summed E-state index contributed by atoms with van der Waals surface area (Å²) >= 11 is 0. The minimum absolute atomic E-state index is 0.0455. The van der Waals surface area contributed by atoms with Crippen molar-refractivity contribution in [1.82, 2.24) is 0 Å². The Hall–Kier alpha value is -1.12. The first-order valence-electron chi connectivity index (χ1n) is 4.49. The predicted molar refractivity (Wildman–Crippen MR) is 50.3 cm³/mol. The van der Waals surface area contributed by atoms with E-state index in [1.807, 2.05) is 6.92 Å². The molecule has 0 unspecified atom stereocenters. The third-order valence-electron chi connectivity index (χ3n) is 1.51. The van der Waals surface area contributed by atoms with Crippen molar-refractivity contribution >= 4 is 11.8 Å². The molecule has 0 aromatic rings. The molecule has 0 saturated heterocycles. The second-order valence-corrected chi connectivity index (χ2v) is 2.79. The van der Waals surface area contributed by atoms with Gasteiger partial charge in [-0.15, -0.1) is 0 Å². The summed E-state index contributed by atoms with van der Waals surface area (Å²) in [6, 6.07) is 0. The van der Waals surface area contributed by atoms with Gasteiger partial charge in [0.05, 0.1) is 0 Å². The molecule has 0 fully saturated rings. The zero-order valence-corrected chi connectivity index (χ0v) is 8.04. The number of rotatable bonds is 7. The molecule has 0 atom stereocenters. The Bertz CT molecular complexity index is 185. The van der Waals surface area contributed by atoms with Crippen LogP contribution in [0, 0.1) is 0 Å². The standard InChI is InChI=1S/C10H16O3/c1-3-5-6-9(11)8-10(12)13-7-4-2/h4H,2-3,5-8H2,1H3. The van der Waals surface area contributed by atoms with Crippen LogP contribution in [-0.2, 0) is 14.3 Å². The second kappa shape index (κ2) is 7.53. The fourth-order valence-corrected chi connectivity index (χ4v) is 0.826. The lowest BCUT2D eigenvalue weighted by Gasteiger charge is -2.00. The van der Waals surface area contributed by atoms with Crippen LogP contribution in [0.2, 0.25) is 0 Å². The van der Waals surface area contributed by atoms with E-state index in [0.29, 0.717) is 6.42 Å². The van der Waals surface area contributed by atoms with Crippen molar-refractivity contribution in [1.29, 1.82) is 0 Å². The van der Waals surface area contributed by atoms with E-state index in [4.69, 9.17) is 0 Å². The van der Waals surface area contributed by atoms with Crippen molar-refractivity contribution in [3.8, 4) is 0 Å². The molecular weight excluding hydrogens is 168 g/mol. The number of esters is 1. The minimum Gasteiger partial charge on any atom is -0.461 e. The number of carbonyl (C=O) groups is 2. The third kappa shape index (κ3) is 7.25. The van der Waals surface area contributed by atoms with E-state index >= 15 is 0 Å². The number of hydrogen-bond acceptors (Lipinski definition) is 3. The largest absolute Gasteiger partial charge is 0.461 e. The summed E-state index contributed by atoms with van der Waals surface area (Å²) in [5.41, 5.74) is 0. The summed E-state index contributed by atoms with van der Waals surface area (Å²) in [5, 5.41) is 0. The van der Waals surface area contributed by atoms with Gasteiger partial charge >= 0.3 is 5.97 Å². The highest BCUT2D eigenvalue weighted by Gasteiger charge is 2.08. The minimum atomic E-state index is -0.457. The number of unbranched alkanes of at least 4 members (excludes halogenated alkanes) is 1. The first-order chi connectivity index (χ1) is 6.20. The Morgan fingerprint density at radius 2 is 2.15 bits per heavy atom. The van der Waals surface area contributed by atoms with Crippen molar-refractivity contribution in [2.45, 2.75) is 32.6 Å². The maximum Gasteiger partial charge on any atom is 0.313 e. The summed E-state index contributed by atoms with van der Waals surface area (Å²) in [4.78, 5) is 21.9. The molecule has 0 amide bonds. The number of carbonyl (C=O) groups excluding carboxylic acids is 2. The lowest BCUT2D eigenvalue weighted by molar-refractivity contribution is -0.144. The van der Waals surface area contributed by atoms with Crippen LogP contribution in [-0.4, -0.2) is 18.4 Å². The van der Waals surface area contributed by atoms with Gasteiger partial charge in [-0.2, -0.15) is 0 Å². The summed E-state index contributed by atoms with van der Waals surface area (Å²) in [5.74, 6) is -0.503. The van der Waals surface area contributed by atoms with E-state index in [1.165, 1.54) is 6.08 Å². The summed E-state index contributed by atoms with van der Waals surface area (Å²) < 4.78 is 4.66. The topological polar surface area (TPSA) is 43.4 Å². The van der Waals surface area contributed by atoms with Gasteiger partial charge in [0.15, 0.2) is 0 Å². The Kier molecular flexibility index (Phi) is 6.88. The van der Waals surface area contributed by atoms with Crippen molar-refractivity contribution in [2.24, 2.45) is 0 Å². The smallest absolute Gasteiger partial charge is 0.313 e. The van der Waals surface area contributed by atoms with Crippen LogP contribution < -0.4 is 0 Å². The van der Waals surface area contributed by atoms with Crippen LogP contribution in [0.1, 0.15) is 32.6 Å². The molecule has 74 valence electrons. The molecule has 0 saturated carbocycles. The predicted octanol–water partition coefficient (Wildman–Crippen LogP) is 1.86. The van der Waals surface area contributed by atoms with Crippen molar-refractivity contribution in [3.05, 3.63) is 12.7 Å². The highest BCUT2D eigenvalue weighted by molar-refractivity contribution is 5.95. The van der Waals surface area contributed by atoms with Gasteiger partial charge in [0, 0.05) is 6.42 Å². The molecule has 0 radical (unpaired) electrons. The van der Waals surface area contributed by atoms with Gasteiger partial charge in [0.25, 0.3) is 0 Å². The molecule has 0 heterocycles. The number of hydrogen-bond donors (Lipinski definition) is 0. The molecule has 0 bridgehead atoms. The van der Waals surface area contributed by atoms with E-state index in [0.717, 1.165) is 12.8 Å². The summed E-state index contributed by atoms with van der Waals surface area (Å²) in [7, 11) is 0. The van der Waals surface area contributed by atoms with Gasteiger partial charge in [-0.1, -0.05) is 26.0 Å². The maximum atomic E-state index is 11.0. The zero-order valence-electron chi connectivity index (χ0n) is 8.04. The first kappa shape index (κ1) is 11.9. The molecular formula is C10H16O3. The summed E-state index contributed by atoms with van der Waals surface area (Å²) in [6.07, 6.45) is 3.66. The molecule has 0 rings (SSSR count). The Morgan fingerprint density at radius 1 is 1.46 bits per heavy atom. The molecule has 0 aliphatic carbocycles. The normalized spacial score (nSPS) is 9.31. The van der Waals surface area contributed by atoms with Crippen molar-refractivity contribution < 1.29 is 14.3 Å². The first-order valence-corrected chi connectivity index (χ1v) is 4.49. The lowest BCUT2D eigenvalue weighted by atomic mass is 10.1. The summed E-state index contributed by atoms with van der Waals surface area (Å²) in [6.45, 7) is 5.58. The van der Waals surface area contributed by atoms with Crippen LogP contribution in [0.5, 0.6) is 0 Å². The fraction of sp³-hybridized carbons (Fsp3) is 0.600. The Balaban J connectivity index is 3.53. The van der Waals surface area contributed by atoms with Crippen molar-refractivity contribution in [2.75, 3.05) is 6.61 Å². The fourth-order valence-electron chi connectivity index (χ4n) is 0.826. The van der Waals surface area contributed by atoms with Crippen LogP contribution >= 0.6 is 0 Å². The van der Waals surface area contributed by atoms with Gasteiger partial charge in [-0.3, -0.25) is 9.59 Å². The van der Waals surface area contributed by atoms with Crippen LogP contribution in [0.25, 0.3) is 0 Å². The monoisotopic (exact) mass is 184 g/mol. The van der Waals surface area contributed by atoms with Crippen molar-refractivity contribution in [3.63, 3.8) is 0 Å². The number of Topliss-reactive ketones (excluding diaryl/α,β-unsaturated/α-hetero) is 1. The second-order valence-electron chi connectivity index (χ2n) is 2.79.